The van der Waals surface area contributed by atoms with Gasteiger partial charge in [0.1, 0.15) is 6.10 Å². The van der Waals surface area contributed by atoms with E-state index in [0.29, 0.717) is 34.2 Å². The molecule has 5 saturated carbocycles. The molecule has 0 aromatic carbocycles. The Bertz CT molecular complexity index is 908. The molecular formula is C30H50N2O3. The van der Waals surface area contributed by atoms with Gasteiger partial charge in [0, 0.05) is 30.3 Å². The lowest BCUT2D eigenvalue weighted by atomic mass is 9.41. The molecule has 0 aromatic heterocycles. The molecule has 0 amide bonds. The second-order valence-electron chi connectivity index (χ2n) is 14.9. The van der Waals surface area contributed by atoms with Gasteiger partial charge >= 0.3 is 5.97 Å². The fraction of sp³-hybridized carbons (Fsp3) is 0.967. The highest BCUT2D eigenvalue weighted by atomic mass is 16.5. The molecule has 1 heterocycles. The third kappa shape index (κ3) is 2.84. The topological polar surface area (TPSA) is 42.0 Å². The predicted molar refractivity (Wildman–Crippen MR) is 138 cm³/mol. The van der Waals surface area contributed by atoms with Gasteiger partial charge in [-0.15, -0.1) is 0 Å². The average Bonchev–Trinajstić information content (AvgIpc) is 3.37. The number of hydrogen-bond donors (Lipinski definition) is 0. The number of fused-ring (bicyclic) bond motifs is 4. The molecule has 0 aromatic rings. The van der Waals surface area contributed by atoms with E-state index in [2.05, 4.69) is 58.6 Å². The Hall–Kier alpha value is -0.650. The van der Waals surface area contributed by atoms with E-state index < -0.39 is 0 Å². The van der Waals surface area contributed by atoms with Crippen molar-refractivity contribution in [3.8, 4) is 0 Å². The van der Waals surface area contributed by atoms with Crippen molar-refractivity contribution in [2.45, 2.75) is 104 Å². The van der Waals surface area contributed by atoms with Gasteiger partial charge in [0.2, 0.25) is 0 Å². The second kappa shape index (κ2) is 7.47. The lowest BCUT2D eigenvalue weighted by Gasteiger charge is -2.65. The molecule has 1 aliphatic heterocycles. The van der Waals surface area contributed by atoms with Gasteiger partial charge in [-0.2, -0.15) is 0 Å². The highest BCUT2D eigenvalue weighted by Crippen LogP contribution is 2.89. The predicted octanol–water partition coefficient (Wildman–Crippen LogP) is 5.19. The molecule has 11 atom stereocenters. The fourth-order valence-electron chi connectivity index (χ4n) is 12.2. The zero-order valence-corrected chi connectivity index (χ0v) is 23.7. The van der Waals surface area contributed by atoms with Gasteiger partial charge in [-0.1, -0.05) is 20.8 Å². The van der Waals surface area contributed by atoms with Crippen LogP contribution in [0.2, 0.25) is 0 Å². The number of rotatable bonds is 3. The van der Waals surface area contributed by atoms with Crippen molar-refractivity contribution in [2.24, 2.45) is 44.8 Å². The van der Waals surface area contributed by atoms with Crippen LogP contribution in [0.5, 0.6) is 0 Å². The molecule has 2 spiro atoms. The van der Waals surface area contributed by atoms with Crippen molar-refractivity contribution in [2.75, 3.05) is 34.5 Å². The van der Waals surface area contributed by atoms with Crippen molar-refractivity contribution in [3.05, 3.63) is 0 Å². The minimum absolute atomic E-state index is 0.0381. The zero-order valence-electron chi connectivity index (χ0n) is 23.7. The van der Waals surface area contributed by atoms with Crippen LogP contribution in [-0.4, -0.2) is 68.4 Å². The summed E-state index contributed by atoms with van der Waals surface area (Å²) in [5, 5.41) is 0. The van der Waals surface area contributed by atoms with Crippen molar-refractivity contribution in [3.63, 3.8) is 0 Å². The lowest BCUT2D eigenvalue weighted by Crippen LogP contribution is -2.63. The SMILES string of the molecule is CC(=O)O[C@@H]1C[C@@]2(C)[C@@H]3CC[C@H]4[C@]5(C)COCN(C)[C@H]5CC[C@@]45C[C@@]35CC[C@]2(C)[C@H]1[C@H](C)N(C)C. The van der Waals surface area contributed by atoms with E-state index in [4.69, 9.17) is 9.47 Å². The molecule has 5 nitrogen and oxygen atoms in total. The van der Waals surface area contributed by atoms with Crippen LogP contribution in [0.15, 0.2) is 0 Å². The minimum atomic E-state index is -0.106. The average molecular weight is 487 g/mol. The summed E-state index contributed by atoms with van der Waals surface area (Å²) in [5.74, 6) is 1.84. The molecule has 35 heavy (non-hydrogen) atoms. The smallest absolute Gasteiger partial charge is 0.302 e. The number of hydrogen-bond acceptors (Lipinski definition) is 5. The normalized spacial score (nSPS) is 55.7. The Kier molecular flexibility index (Phi) is 5.27. The van der Waals surface area contributed by atoms with Crippen molar-refractivity contribution < 1.29 is 14.3 Å². The van der Waals surface area contributed by atoms with Gasteiger partial charge in [0.05, 0.1) is 13.3 Å². The molecule has 0 bridgehead atoms. The van der Waals surface area contributed by atoms with Gasteiger partial charge in [-0.05, 0) is 113 Å². The van der Waals surface area contributed by atoms with Crippen LogP contribution < -0.4 is 0 Å². The third-order valence-corrected chi connectivity index (χ3v) is 13.8. The van der Waals surface area contributed by atoms with Crippen LogP contribution in [0.25, 0.3) is 0 Å². The Balaban J connectivity index is 1.37. The van der Waals surface area contributed by atoms with E-state index in [1.807, 2.05) is 0 Å². The van der Waals surface area contributed by atoms with E-state index in [0.717, 1.165) is 31.6 Å². The second-order valence-corrected chi connectivity index (χ2v) is 14.9. The molecular weight excluding hydrogens is 436 g/mol. The first-order valence-corrected chi connectivity index (χ1v) is 14.5. The Morgan fingerprint density at radius 3 is 2.40 bits per heavy atom. The summed E-state index contributed by atoms with van der Waals surface area (Å²) in [6.45, 7) is 13.5. The minimum Gasteiger partial charge on any atom is -0.462 e. The van der Waals surface area contributed by atoms with Crippen LogP contribution in [0.1, 0.15) is 86.0 Å². The van der Waals surface area contributed by atoms with E-state index in [1.165, 1.54) is 44.9 Å². The summed E-state index contributed by atoms with van der Waals surface area (Å²) in [6.07, 6.45) is 10.6. The first kappa shape index (κ1) is 24.7. The zero-order chi connectivity index (χ0) is 25.2. The lowest BCUT2D eigenvalue weighted by molar-refractivity contribution is -0.202. The van der Waals surface area contributed by atoms with Crippen molar-refractivity contribution >= 4 is 5.97 Å². The Labute approximate surface area is 213 Å². The molecule has 0 N–H and O–H groups in total. The summed E-state index contributed by atoms with van der Waals surface area (Å²) in [4.78, 5) is 17.1. The highest BCUT2D eigenvalue weighted by molar-refractivity contribution is 5.66. The van der Waals surface area contributed by atoms with Gasteiger partial charge in [-0.25, -0.2) is 0 Å². The Morgan fingerprint density at radius 1 is 1.03 bits per heavy atom. The number of nitrogens with zero attached hydrogens (tertiary/aromatic N) is 2. The Morgan fingerprint density at radius 2 is 1.71 bits per heavy atom. The number of ether oxygens (including phenoxy) is 2. The summed E-state index contributed by atoms with van der Waals surface area (Å²) in [5.41, 5.74) is 1.75. The van der Waals surface area contributed by atoms with Crippen molar-refractivity contribution in [1.29, 1.82) is 0 Å². The molecule has 0 unspecified atom stereocenters. The van der Waals surface area contributed by atoms with Crippen molar-refractivity contribution in [1.82, 2.24) is 9.80 Å². The molecule has 6 fully saturated rings. The van der Waals surface area contributed by atoms with E-state index in [1.54, 1.807) is 6.92 Å². The maximum Gasteiger partial charge on any atom is 0.302 e. The van der Waals surface area contributed by atoms with E-state index in [9.17, 15) is 4.79 Å². The van der Waals surface area contributed by atoms with Gasteiger partial charge in [-0.3, -0.25) is 9.69 Å². The molecule has 1 saturated heterocycles. The molecule has 6 aliphatic rings. The van der Waals surface area contributed by atoms with E-state index in [-0.39, 0.29) is 22.9 Å². The van der Waals surface area contributed by atoms with Gasteiger partial charge in [0.25, 0.3) is 0 Å². The summed E-state index contributed by atoms with van der Waals surface area (Å²) in [7, 11) is 6.67. The monoisotopic (exact) mass is 486 g/mol. The quantitative estimate of drug-likeness (QED) is 0.514. The molecule has 6 rings (SSSR count). The largest absolute Gasteiger partial charge is 0.462 e. The van der Waals surface area contributed by atoms with Crippen LogP contribution in [0.3, 0.4) is 0 Å². The maximum atomic E-state index is 12.2. The van der Waals surface area contributed by atoms with Gasteiger partial charge in [0.15, 0.2) is 0 Å². The standard InChI is InChI=1S/C30H50N2O3/c1-19(31(6)7)25-21(35-20(2)33)15-28(5)23-10-9-22-26(3)17-34-18-32(8)24(26)11-12-29(22)16-30(23,29)14-13-27(25,28)4/h19,21-25H,9-18H2,1-8H3/t19-,21+,22-,23-,24-,25-,26-,27+,28-,29+,30-/m0/s1. The first-order chi connectivity index (χ1) is 16.4. The summed E-state index contributed by atoms with van der Waals surface area (Å²) in [6, 6.07) is 1.07. The van der Waals surface area contributed by atoms with Crippen LogP contribution in [0, 0.1) is 44.8 Å². The molecule has 5 aliphatic carbocycles. The van der Waals surface area contributed by atoms with Gasteiger partial charge < -0.3 is 14.4 Å². The van der Waals surface area contributed by atoms with Crippen LogP contribution >= 0.6 is 0 Å². The van der Waals surface area contributed by atoms with Crippen LogP contribution in [0.4, 0.5) is 0 Å². The van der Waals surface area contributed by atoms with E-state index >= 15 is 0 Å². The fourth-order valence-corrected chi connectivity index (χ4v) is 12.2. The summed E-state index contributed by atoms with van der Waals surface area (Å²) < 4.78 is 12.4. The number of esters is 1. The number of carbonyl (C=O) groups excluding carboxylic acids is 1. The molecule has 198 valence electrons. The summed E-state index contributed by atoms with van der Waals surface area (Å²) >= 11 is 0. The first-order valence-electron chi connectivity index (χ1n) is 14.5. The highest BCUT2D eigenvalue weighted by Gasteiger charge is 2.83. The number of carbonyl (C=O) groups is 1. The molecule has 5 heteroatoms. The third-order valence-electron chi connectivity index (χ3n) is 13.8. The van der Waals surface area contributed by atoms with Crippen LogP contribution in [-0.2, 0) is 14.3 Å². The molecule has 0 radical (unpaired) electrons. The maximum absolute atomic E-state index is 12.2.